The van der Waals surface area contributed by atoms with Crippen LogP contribution in [0.5, 0.6) is 5.75 Å². The van der Waals surface area contributed by atoms with Gasteiger partial charge >= 0.3 is 0 Å². The number of aryl methyl sites for hydroxylation is 1. The van der Waals surface area contributed by atoms with Crippen molar-refractivity contribution in [1.82, 2.24) is 4.90 Å². The smallest absolute Gasteiger partial charge is 0.226 e. The first kappa shape index (κ1) is 16.1. The highest BCUT2D eigenvalue weighted by Gasteiger charge is 2.25. The summed E-state index contributed by atoms with van der Waals surface area (Å²) in [5.74, 6) is 1.10. The molecular formula is C18H27N3O2. The Hall–Kier alpha value is -1.75. The second kappa shape index (κ2) is 6.79. The van der Waals surface area contributed by atoms with Crippen LogP contribution < -0.4 is 14.5 Å². The number of ether oxygens (including phenoxy) is 1. The molecule has 0 aliphatic carbocycles. The third kappa shape index (κ3) is 3.15. The van der Waals surface area contributed by atoms with E-state index in [0.29, 0.717) is 13.0 Å². The molecule has 126 valence electrons. The van der Waals surface area contributed by atoms with Crippen LogP contribution in [0.1, 0.15) is 25.3 Å². The number of nitrogens with zero attached hydrogens (tertiary/aromatic N) is 3. The lowest BCUT2D eigenvalue weighted by molar-refractivity contribution is -0.118. The number of fused-ring (bicyclic) bond motifs is 1. The van der Waals surface area contributed by atoms with E-state index < -0.39 is 0 Å². The lowest BCUT2D eigenvalue weighted by atomic mass is 10.0. The molecule has 1 saturated heterocycles. The summed E-state index contributed by atoms with van der Waals surface area (Å²) in [5, 5.41) is 0. The summed E-state index contributed by atoms with van der Waals surface area (Å²) in [6.07, 6.45) is 2.52. The summed E-state index contributed by atoms with van der Waals surface area (Å²) in [5.41, 5.74) is 3.47. The molecule has 0 N–H and O–H groups in total. The topological polar surface area (TPSA) is 36.0 Å². The fourth-order valence-electron chi connectivity index (χ4n) is 3.56. The number of amides is 1. The summed E-state index contributed by atoms with van der Waals surface area (Å²) in [6.45, 7) is 6.92. The molecule has 0 atom stereocenters. The van der Waals surface area contributed by atoms with Crippen molar-refractivity contribution >= 4 is 17.3 Å². The van der Waals surface area contributed by atoms with Crippen LogP contribution >= 0.6 is 0 Å². The molecule has 0 unspecified atom stereocenters. The summed E-state index contributed by atoms with van der Waals surface area (Å²) >= 11 is 0. The van der Waals surface area contributed by atoms with Gasteiger partial charge in [0.1, 0.15) is 5.75 Å². The molecule has 0 saturated carbocycles. The molecule has 5 heteroatoms. The molecule has 2 aliphatic heterocycles. The molecule has 0 radical (unpaired) electrons. The molecule has 1 aromatic carbocycles. The van der Waals surface area contributed by atoms with Gasteiger partial charge in [0.25, 0.3) is 0 Å². The van der Waals surface area contributed by atoms with Crippen LogP contribution in [0, 0.1) is 0 Å². The van der Waals surface area contributed by atoms with E-state index in [2.05, 4.69) is 29.0 Å². The van der Waals surface area contributed by atoms with Crippen LogP contribution in [0.2, 0.25) is 0 Å². The number of methoxy groups -OCH3 is 1. The highest BCUT2D eigenvalue weighted by molar-refractivity contribution is 5.95. The summed E-state index contributed by atoms with van der Waals surface area (Å²) in [6, 6.07) is 4.32. The van der Waals surface area contributed by atoms with Crippen LogP contribution in [0.3, 0.4) is 0 Å². The lowest BCUT2D eigenvalue weighted by Gasteiger charge is -2.35. The Morgan fingerprint density at radius 1 is 1.09 bits per heavy atom. The lowest BCUT2D eigenvalue weighted by Crippen LogP contribution is -2.44. The molecule has 0 bridgehead atoms. The van der Waals surface area contributed by atoms with Crippen molar-refractivity contribution in [2.45, 2.75) is 26.2 Å². The Morgan fingerprint density at radius 3 is 2.48 bits per heavy atom. The standard InChI is InChI=1S/C18H27N3O2/c1-4-21-15-13-17(23-3)16(20-10-8-19(2)9-11-20)12-14(15)6-5-7-18(21)22/h12-13H,4-11H2,1-3H3. The van der Waals surface area contributed by atoms with Crippen LogP contribution in [0.25, 0.3) is 0 Å². The fourth-order valence-corrected chi connectivity index (χ4v) is 3.56. The van der Waals surface area contributed by atoms with Gasteiger partial charge in [0, 0.05) is 45.2 Å². The van der Waals surface area contributed by atoms with E-state index in [0.717, 1.165) is 50.5 Å². The highest BCUT2D eigenvalue weighted by atomic mass is 16.5. The minimum atomic E-state index is 0.223. The maximum atomic E-state index is 12.3. The van der Waals surface area contributed by atoms with E-state index in [9.17, 15) is 4.79 Å². The average molecular weight is 317 g/mol. The van der Waals surface area contributed by atoms with Crippen molar-refractivity contribution in [3.63, 3.8) is 0 Å². The van der Waals surface area contributed by atoms with Gasteiger partial charge in [0.05, 0.1) is 18.5 Å². The van der Waals surface area contributed by atoms with Crippen LogP contribution in [0.4, 0.5) is 11.4 Å². The maximum absolute atomic E-state index is 12.3. The van der Waals surface area contributed by atoms with Gasteiger partial charge in [-0.1, -0.05) is 0 Å². The van der Waals surface area contributed by atoms with E-state index in [1.165, 1.54) is 11.3 Å². The molecule has 1 amide bonds. The average Bonchev–Trinajstić information content (AvgIpc) is 2.71. The van der Waals surface area contributed by atoms with Gasteiger partial charge < -0.3 is 19.4 Å². The summed E-state index contributed by atoms with van der Waals surface area (Å²) in [4.78, 5) is 19.0. The normalized spacial score (nSPS) is 19.5. The molecule has 3 rings (SSSR count). The SMILES string of the molecule is CCN1C(=O)CCCc2cc(N3CCN(C)CC3)c(OC)cc21. The second-order valence-corrected chi connectivity index (χ2v) is 6.43. The molecule has 0 spiro atoms. The number of rotatable bonds is 3. The Morgan fingerprint density at radius 2 is 1.83 bits per heavy atom. The Labute approximate surface area is 138 Å². The zero-order valence-electron chi connectivity index (χ0n) is 14.5. The number of benzene rings is 1. The van der Waals surface area contributed by atoms with E-state index in [-0.39, 0.29) is 5.91 Å². The Balaban J connectivity index is 1.99. The predicted molar refractivity (Wildman–Crippen MR) is 93.7 cm³/mol. The van der Waals surface area contributed by atoms with Crippen molar-refractivity contribution in [2.24, 2.45) is 0 Å². The van der Waals surface area contributed by atoms with Crippen molar-refractivity contribution in [1.29, 1.82) is 0 Å². The van der Waals surface area contributed by atoms with Gasteiger partial charge in [-0.05, 0) is 38.4 Å². The first-order valence-electron chi connectivity index (χ1n) is 8.58. The van der Waals surface area contributed by atoms with Gasteiger partial charge in [-0.2, -0.15) is 0 Å². The van der Waals surface area contributed by atoms with Gasteiger partial charge in [0.2, 0.25) is 5.91 Å². The van der Waals surface area contributed by atoms with Crippen molar-refractivity contribution in [2.75, 3.05) is 56.7 Å². The number of anilines is 2. The largest absolute Gasteiger partial charge is 0.495 e. The quantitative estimate of drug-likeness (QED) is 0.856. The first-order chi connectivity index (χ1) is 11.1. The molecule has 2 heterocycles. The number of likely N-dealkylation sites (N-methyl/N-ethyl adjacent to an activating group) is 1. The molecular weight excluding hydrogens is 290 g/mol. The number of hydrogen-bond acceptors (Lipinski definition) is 4. The summed E-state index contributed by atoms with van der Waals surface area (Å²) in [7, 11) is 3.88. The molecule has 2 aliphatic rings. The predicted octanol–water partition coefficient (Wildman–Crippen LogP) is 2.14. The number of carbonyl (C=O) groups excluding carboxylic acids is 1. The van der Waals surface area contributed by atoms with E-state index in [4.69, 9.17) is 4.74 Å². The molecule has 23 heavy (non-hydrogen) atoms. The molecule has 5 nitrogen and oxygen atoms in total. The zero-order chi connectivity index (χ0) is 16.4. The Bertz CT molecular complexity index is 580. The van der Waals surface area contributed by atoms with Crippen LogP contribution in [0.15, 0.2) is 12.1 Å². The Kier molecular flexibility index (Phi) is 4.76. The maximum Gasteiger partial charge on any atom is 0.226 e. The number of carbonyl (C=O) groups is 1. The summed E-state index contributed by atoms with van der Waals surface area (Å²) < 4.78 is 5.67. The second-order valence-electron chi connectivity index (χ2n) is 6.43. The molecule has 1 aromatic rings. The number of piperazine rings is 1. The van der Waals surface area contributed by atoms with Crippen molar-refractivity contribution < 1.29 is 9.53 Å². The minimum absolute atomic E-state index is 0.223. The van der Waals surface area contributed by atoms with Crippen molar-refractivity contribution in [3.8, 4) is 5.75 Å². The monoisotopic (exact) mass is 317 g/mol. The third-order valence-corrected chi connectivity index (χ3v) is 4.97. The zero-order valence-corrected chi connectivity index (χ0v) is 14.5. The van der Waals surface area contributed by atoms with Gasteiger partial charge in [-0.25, -0.2) is 0 Å². The van der Waals surface area contributed by atoms with Gasteiger partial charge in [0.15, 0.2) is 0 Å². The van der Waals surface area contributed by atoms with Crippen LogP contribution in [-0.2, 0) is 11.2 Å². The van der Waals surface area contributed by atoms with Crippen LogP contribution in [-0.4, -0.2) is 57.7 Å². The highest BCUT2D eigenvalue weighted by Crippen LogP contribution is 2.38. The van der Waals surface area contributed by atoms with E-state index in [1.54, 1.807) is 7.11 Å². The minimum Gasteiger partial charge on any atom is -0.495 e. The van der Waals surface area contributed by atoms with Gasteiger partial charge in [-0.3, -0.25) is 4.79 Å². The van der Waals surface area contributed by atoms with Gasteiger partial charge in [-0.15, -0.1) is 0 Å². The van der Waals surface area contributed by atoms with Crippen molar-refractivity contribution in [3.05, 3.63) is 17.7 Å². The molecule has 1 fully saturated rings. The van der Waals surface area contributed by atoms with E-state index >= 15 is 0 Å². The first-order valence-corrected chi connectivity index (χ1v) is 8.58. The molecule has 0 aromatic heterocycles. The third-order valence-electron chi connectivity index (χ3n) is 4.97. The number of hydrogen-bond donors (Lipinski definition) is 0. The fraction of sp³-hybridized carbons (Fsp3) is 0.611. The van der Waals surface area contributed by atoms with E-state index in [1.807, 2.05) is 11.8 Å².